The van der Waals surface area contributed by atoms with Crippen molar-refractivity contribution in [2.24, 2.45) is 0 Å². The smallest absolute Gasteiger partial charge is 0.136 e. The number of rotatable bonds is 2. The number of hydrogen-bond acceptors (Lipinski definition) is 1. The first-order valence-electron chi connectivity index (χ1n) is 16.1. The minimum atomic E-state index is -0.0467. The fourth-order valence-corrected chi connectivity index (χ4v) is 8.41. The molecule has 1 aromatic heterocycles. The Balaban J connectivity index is 1.22. The van der Waals surface area contributed by atoms with Crippen molar-refractivity contribution in [3.63, 3.8) is 0 Å². The second-order valence-corrected chi connectivity index (χ2v) is 13.2. The summed E-state index contributed by atoms with van der Waals surface area (Å²) >= 11 is 0. The van der Waals surface area contributed by atoms with Crippen LogP contribution in [0.1, 0.15) is 25.0 Å². The van der Waals surface area contributed by atoms with Gasteiger partial charge in [0.25, 0.3) is 0 Å². The molecule has 1 aliphatic carbocycles. The molecule has 1 aliphatic rings. The summed E-state index contributed by atoms with van der Waals surface area (Å²) in [5.74, 6) is 0. The molecule has 1 heterocycles. The van der Waals surface area contributed by atoms with E-state index in [4.69, 9.17) is 4.42 Å². The van der Waals surface area contributed by atoms with Gasteiger partial charge < -0.3 is 4.42 Å². The predicted molar refractivity (Wildman–Crippen MR) is 195 cm³/mol. The number of para-hydroxylation sites is 1. The van der Waals surface area contributed by atoms with Crippen LogP contribution < -0.4 is 0 Å². The summed E-state index contributed by atoms with van der Waals surface area (Å²) in [6.07, 6.45) is 0. The lowest BCUT2D eigenvalue weighted by Crippen LogP contribution is -2.15. The van der Waals surface area contributed by atoms with Gasteiger partial charge in [0.15, 0.2) is 0 Å². The average molecular weight is 587 g/mol. The van der Waals surface area contributed by atoms with Crippen LogP contribution in [0.4, 0.5) is 0 Å². The molecule has 0 unspecified atom stereocenters. The molecular weight excluding hydrogens is 556 g/mol. The van der Waals surface area contributed by atoms with Gasteiger partial charge in [-0.1, -0.05) is 135 Å². The van der Waals surface area contributed by atoms with Crippen LogP contribution in [0, 0.1) is 0 Å². The van der Waals surface area contributed by atoms with E-state index in [9.17, 15) is 0 Å². The molecule has 0 saturated heterocycles. The third kappa shape index (κ3) is 3.40. The van der Waals surface area contributed by atoms with E-state index in [1.807, 2.05) is 12.1 Å². The molecule has 9 aromatic rings. The van der Waals surface area contributed by atoms with Crippen molar-refractivity contribution in [1.29, 1.82) is 0 Å². The second-order valence-electron chi connectivity index (χ2n) is 13.2. The maximum Gasteiger partial charge on any atom is 0.136 e. The van der Waals surface area contributed by atoms with E-state index in [0.29, 0.717) is 0 Å². The van der Waals surface area contributed by atoms with Crippen LogP contribution in [-0.4, -0.2) is 0 Å². The Bertz CT molecular complexity index is 2660. The lowest BCUT2D eigenvalue weighted by atomic mass is 9.79. The van der Waals surface area contributed by atoms with Crippen LogP contribution in [0.15, 0.2) is 150 Å². The molecule has 0 aliphatic heterocycles. The average Bonchev–Trinajstić information content (AvgIpc) is 3.58. The molecule has 0 atom stereocenters. The number of benzene rings is 8. The molecule has 0 bridgehead atoms. The third-order valence-electron chi connectivity index (χ3n) is 10.4. The summed E-state index contributed by atoms with van der Waals surface area (Å²) in [4.78, 5) is 0. The zero-order valence-corrected chi connectivity index (χ0v) is 25.8. The minimum Gasteiger partial charge on any atom is -0.456 e. The molecule has 1 nitrogen and oxygen atoms in total. The van der Waals surface area contributed by atoms with Crippen LogP contribution >= 0.6 is 0 Å². The first kappa shape index (κ1) is 25.6. The molecule has 0 fully saturated rings. The second kappa shape index (κ2) is 9.19. The fourth-order valence-electron chi connectivity index (χ4n) is 8.41. The molecule has 0 saturated carbocycles. The van der Waals surface area contributed by atoms with E-state index in [-0.39, 0.29) is 5.41 Å². The monoisotopic (exact) mass is 586 g/mol. The van der Waals surface area contributed by atoms with Crippen LogP contribution in [0.25, 0.3) is 87.6 Å². The first-order chi connectivity index (χ1) is 22.6. The van der Waals surface area contributed by atoms with Crippen molar-refractivity contribution in [3.8, 4) is 33.4 Å². The van der Waals surface area contributed by atoms with Crippen LogP contribution in [0.5, 0.6) is 0 Å². The summed E-state index contributed by atoms with van der Waals surface area (Å²) in [6, 6.07) is 53.4. The van der Waals surface area contributed by atoms with Gasteiger partial charge in [0.2, 0.25) is 0 Å². The largest absolute Gasteiger partial charge is 0.456 e. The van der Waals surface area contributed by atoms with Gasteiger partial charge in [-0.3, -0.25) is 0 Å². The number of fused-ring (bicyclic) bond motifs is 10. The molecule has 0 amide bonds. The number of furan rings is 1. The van der Waals surface area contributed by atoms with Crippen molar-refractivity contribution in [2.45, 2.75) is 19.3 Å². The molecule has 0 N–H and O–H groups in total. The Kier molecular flexibility index (Phi) is 5.12. The van der Waals surface area contributed by atoms with Gasteiger partial charge in [0.1, 0.15) is 11.2 Å². The molecular formula is C45H30O. The molecule has 10 rings (SSSR count). The maximum absolute atomic E-state index is 6.34. The van der Waals surface area contributed by atoms with Crippen LogP contribution in [-0.2, 0) is 5.41 Å². The van der Waals surface area contributed by atoms with Gasteiger partial charge >= 0.3 is 0 Å². The van der Waals surface area contributed by atoms with E-state index < -0.39 is 0 Å². The maximum atomic E-state index is 6.34. The van der Waals surface area contributed by atoms with Crippen molar-refractivity contribution in [1.82, 2.24) is 0 Å². The third-order valence-corrected chi connectivity index (χ3v) is 10.4. The highest BCUT2D eigenvalue weighted by Crippen LogP contribution is 2.52. The van der Waals surface area contributed by atoms with E-state index in [1.165, 1.54) is 76.8 Å². The molecule has 0 spiro atoms. The van der Waals surface area contributed by atoms with Crippen molar-refractivity contribution in [2.75, 3.05) is 0 Å². The van der Waals surface area contributed by atoms with Gasteiger partial charge in [-0.15, -0.1) is 0 Å². The minimum absolute atomic E-state index is 0.0467. The van der Waals surface area contributed by atoms with E-state index >= 15 is 0 Å². The number of hydrogen-bond donors (Lipinski definition) is 0. The fraction of sp³-hybridized carbons (Fsp3) is 0.0667. The van der Waals surface area contributed by atoms with Crippen molar-refractivity contribution in [3.05, 3.63) is 157 Å². The van der Waals surface area contributed by atoms with E-state index in [2.05, 4.69) is 147 Å². The Hall–Kier alpha value is -5.66. The Morgan fingerprint density at radius 3 is 1.65 bits per heavy atom. The summed E-state index contributed by atoms with van der Waals surface area (Å²) in [5, 5.41) is 9.94. The standard InChI is InChI=1S/C45H30O/c1-45(2)39-17-9-7-11-31(39)38-24-19-27-25-28(20-22-30(27)44(38)45)42-34-13-3-5-15-36(34)43(37-16-6-4-14-35(37)42)29-21-23-33-32-12-8-10-18-40(32)46-41(33)26-29/h3-26H,1-2H3. The SMILES string of the molecule is CC1(C)c2ccccc2-c2ccc3cc(-c4c5ccccc5c(-c5ccc6c(c5)oc5ccccc56)c5ccccc45)ccc3c21. The summed E-state index contributed by atoms with van der Waals surface area (Å²) < 4.78 is 6.34. The highest BCUT2D eigenvalue weighted by atomic mass is 16.3. The topological polar surface area (TPSA) is 13.1 Å². The van der Waals surface area contributed by atoms with Gasteiger partial charge in [-0.05, 0) is 101 Å². The van der Waals surface area contributed by atoms with Crippen LogP contribution in [0.3, 0.4) is 0 Å². The molecule has 0 radical (unpaired) electrons. The molecule has 46 heavy (non-hydrogen) atoms. The highest BCUT2D eigenvalue weighted by Gasteiger charge is 2.36. The Morgan fingerprint density at radius 2 is 0.957 bits per heavy atom. The van der Waals surface area contributed by atoms with Crippen LogP contribution in [0.2, 0.25) is 0 Å². The first-order valence-corrected chi connectivity index (χ1v) is 16.1. The van der Waals surface area contributed by atoms with Gasteiger partial charge in [0.05, 0.1) is 0 Å². The quantitative estimate of drug-likeness (QED) is 0.184. The molecule has 8 aromatic carbocycles. The summed E-state index contributed by atoms with van der Waals surface area (Å²) in [6.45, 7) is 4.74. The Morgan fingerprint density at radius 1 is 0.413 bits per heavy atom. The van der Waals surface area contributed by atoms with Crippen molar-refractivity contribution < 1.29 is 4.42 Å². The van der Waals surface area contributed by atoms with Gasteiger partial charge in [-0.25, -0.2) is 0 Å². The molecule has 216 valence electrons. The lowest BCUT2D eigenvalue weighted by Gasteiger charge is -2.23. The van der Waals surface area contributed by atoms with E-state index in [1.54, 1.807) is 0 Å². The van der Waals surface area contributed by atoms with Gasteiger partial charge in [0, 0.05) is 16.2 Å². The predicted octanol–water partition coefficient (Wildman–Crippen LogP) is 12.7. The molecule has 1 heteroatoms. The van der Waals surface area contributed by atoms with Gasteiger partial charge in [-0.2, -0.15) is 0 Å². The summed E-state index contributed by atoms with van der Waals surface area (Å²) in [7, 11) is 0. The van der Waals surface area contributed by atoms with Crippen molar-refractivity contribution >= 4 is 54.3 Å². The zero-order chi connectivity index (χ0) is 30.6. The zero-order valence-electron chi connectivity index (χ0n) is 25.8. The normalized spacial score (nSPS) is 13.6. The summed E-state index contributed by atoms with van der Waals surface area (Å²) in [5.41, 5.74) is 12.3. The van der Waals surface area contributed by atoms with E-state index in [0.717, 1.165) is 21.9 Å². The Labute approximate surface area is 267 Å². The highest BCUT2D eigenvalue weighted by molar-refractivity contribution is 6.22. The lowest BCUT2D eigenvalue weighted by molar-refractivity contribution is 0.666.